The largest absolute Gasteiger partial charge is 0.331 e. The van der Waals surface area contributed by atoms with E-state index in [2.05, 4.69) is 21.2 Å². The van der Waals surface area contributed by atoms with Crippen molar-refractivity contribution in [2.75, 3.05) is 10.7 Å². The minimum absolute atomic E-state index is 0.0251. The summed E-state index contributed by atoms with van der Waals surface area (Å²) in [5.41, 5.74) is 9.06. The minimum atomic E-state index is 0.0251. The first-order chi connectivity index (χ1) is 12.0. The Labute approximate surface area is 155 Å². The summed E-state index contributed by atoms with van der Waals surface area (Å²) >= 11 is 11.3. The van der Waals surface area contributed by atoms with Gasteiger partial charge in [-0.15, -0.1) is 0 Å². The van der Waals surface area contributed by atoms with E-state index in [1.165, 1.54) is 6.92 Å². The zero-order chi connectivity index (χ0) is 17.8. The van der Waals surface area contributed by atoms with Crippen LogP contribution in [0.1, 0.15) is 17.3 Å². The number of rotatable bonds is 4. The first-order valence-electron chi connectivity index (χ1n) is 7.51. The summed E-state index contributed by atoms with van der Waals surface area (Å²) in [5, 5.41) is 4.95. The second-order valence-corrected chi connectivity index (χ2v) is 6.20. The number of Topliss-reactive ketones (excluding diaryl/α,β-unsaturated/α-hetero) is 1. The van der Waals surface area contributed by atoms with Crippen LogP contribution in [0.25, 0.3) is 10.9 Å². The lowest BCUT2D eigenvalue weighted by molar-refractivity contribution is 0.101. The number of aromatic nitrogens is 1. The third kappa shape index (κ3) is 4.23. The van der Waals surface area contributed by atoms with Gasteiger partial charge >= 0.3 is 0 Å². The smallest absolute Gasteiger partial charge is 0.189 e. The third-order valence-electron chi connectivity index (χ3n) is 3.56. The van der Waals surface area contributed by atoms with Crippen molar-refractivity contribution in [2.45, 2.75) is 6.92 Å². The Balaban J connectivity index is 1.66. The van der Waals surface area contributed by atoms with E-state index in [1.54, 1.807) is 36.5 Å². The maximum atomic E-state index is 11.3. The lowest BCUT2D eigenvalue weighted by Crippen LogP contribution is -2.33. The van der Waals surface area contributed by atoms with E-state index < -0.39 is 0 Å². The van der Waals surface area contributed by atoms with E-state index in [-0.39, 0.29) is 5.78 Å². The highest BCUT2D eigenvalue weighted by Gasteiger charge is 2.04. The molecule has 0 saturated heterocycles. The predicted octanol–water partition coefficient (Wildman–Crippen LogP) is 4.40. The van der Waals surface area contributed by atoms with Crippen LogP contribution in [0.5, 0.6) is 0 Å². The molecule has 3 rings (SSSR count). The maximum absolute atomic E-state index is 11.3. The minimum Gasteiger partial charge on any atom is -0.331 e. The molecule has 7 heteroatoms. The number of thiocarbonyl (C=S) groups is 1. The van der Waals surface area contributed by atoms with E-state index in [4.69, 9.17) is 23.8 Å². The quantitative estimate of drug-likeness (QED) is 0.359. The van der Waals surface area contributed by atoms with Crippen molar-refractivity contribution in [2.24, 2.45) is 0 Å². The van der Waals surface area contributed by atoms with Gasteiger partial charge in [-0.3, -0.25) is 20.6 Å². The summed E-state index contributed by atoms with van der Waals surface area (Å²) < 4.78 is 0. The van der Waals surface area contributed by atoms with Gasteiger partial charge in [0.25, 0.3) is 0 Å². The van der Waals surface area contributed by atoms with Crippen molar-refractivity contribution in [1.82, 2.24) is 10.4 Å². The molecule has 1 heterocycles. The number of pyridine rings is 1. The summed E-state index contributed by atoms with van der Waals surface area (Å²) in [7, 11) is 0. The number of carbonyl (C=O) groups is 1. The van der Waals surface area contributed by atoms with Crippen LogP contribution in [0.3, 0.4) is 0 Å². The molecule has 0 aliphatic heterocycles. The Morgan fingerprint density at radius 2 is 1.88 bits per heavy atom. The summed E-state index contributed by atoms with van der Waals surface area (Å²) in [4.78, 5) is 15.6. The monoisotopic (exact) mass is 370 g/mol. The number of halogens is 1. The van der Waals surface area contributed by atoms with Gasteiger partial charge < -0.3 is 5.32 Å². The molecule has 0 saturated carbocycles. The highest BCUT2D eigenvalue weighted by atomic mass is 35.5. The second kappa shape index (κ2) is 7.46. The maximum Gasteiger partial charge on any atom is 0.189 e. The van der Waals surface area contributed by atoms with Crippen LogP contribution in [-0.2, 0) is 0 Å². The molecule has 3 aromatic rings. The highest BCUT2D eigenvalue weighted by molar-refractivity contribution is 7.80. The number of ketones is 1. The van der Waals surface area contributed by atoms with Crippen molar-refractivity contribution in [3.63, 3.8) is 0 Å². The van der Waals surface area contributed by atoms with E-state index in [0.717, 1.165) is 22.3 Å². The van der Waals surface area contributed by atoms with Crippen LogP contribution in [0, 0.1) is 0 Å². The number of hydrazine groups is 1. The highest BCUT2D eigenvalue weighted by Crippen LogP contribution is 2.24. The van der Waals surface area contributed by atoms with Gasteiger partial charge in [-0.1, -0.05) is 11.6 Å². The van der Waals surface area contributed by atoms with Gasteiger partial charge in [0.15, 0.2) is 10.9 Å². The number of hydrogen-bond acceptors (Lipinski definition) is 4. The molecule has 5 nitrogen and oxygen atoms in total. The Morgan fingerprint density at radius 1 is 1.12 bits per heavy atom. The lowest BCUT2D eigenvalue weighted by Gasteiger charge is -2.14. The van der Waals surface area contributed by atoms with Gasteiger partial charge in [0, 0.05) is 27.9 Å². The van der Waals surface area contributed by atoms with E-state index in [0.29, 0.717) is 15.7 Å². The van der Waals surface area contributed by atoms with Crippen LogP contribution in [0.2, 0.25) is 5.02 Å². The zero-order valence-corrected chi connectivity index (χ0v) is 14.9. The molecule has 0 fully saturated rings. The molecule has 0 spiro atoms. The lowest BCUT2D eigenvalue weighted by atomic mass is 10.1. The zero-order valence-electron chi connectivity index (χ0n) is 13.3. The fraction of sp³-hybridized carbons (Fsp3) is 0.0556. The number of carbonyl (C=O) groups excluding carboxylic acids is 1. The molecule has 0 amide bonds. The first kappa shape index (κ1) is 17.1. The van der Waals surface area contributed by atoms with Gasteiger partial charge in [-0.05, 0) is 67.7 Å². The van der Waals surface area contributed by atoms with Crippen LogP contribution in [0.15, 0.2) is 54.7 Å². The second-order valence-electron chi connectivity index (χ2n) is 5.36. The normalized spacial score (nSPS) is 10.3. The van der Waals surface area contributed by atoms with Crippen molar-refractivity contribution >= 4 is 57.0 Å². The topological polar surface area (TPSA) is 66.1 Å². The summed E-state index contributed by atoms with van der Waals surface area (Å²) in [5.74, 6) is 0.0251. The molecular weight excluding hydrogens is 356 g/mol. The number of benzene rings is 2. The van der Waals surface area contributed by atoms with Gasteiger partial charge in [0.05, 0.1) is 11.2 Å². The standard InChI is InChI=1S/C18H15ClN4OS/c1-11(24)12-2-5-14(6-3-12)21-18(25)23-22-17-8-9-20-16-7-4-13(19)10-15(16)17/h2-10H,1H3,(H,20,22)(H2,21,23,25). The van der Waals surface area contributed by atoms with E-state index in [1.807, 2.05) is 18.2 Å². The van der Waals surface area contributed by atoms with Crippen molar-refractivity contribution in [3.05, 3.63) is 65.3 Å². The van der Waals surface area contributed by atoms with Crippen molar-refractivity contribution < 1.29 is 4.79 Å². The number of anilines is 2. The predicted molar refractivity (Wildman–Crippen MR) is 106 cm³/mol. The van der Waals surface area contributed by atoms with Gasteiger partial charge in [0.1, 0.15) is 0 Å². The molecule has 0 unspecified atom stereocenters. The molecule has 1 aromatic heterocycles. The van der Waals surface area contributed by atoms with Crippen LogP contribution in [0.4, 0.5) is 11.4 Å². The molecule has 0 bridgehead atoms. The van der Waals surface area contributed by atoms with E-state index >= 15 is 0 Å². The molecule has 3 N–H and O–H groups in total. The molecule has 0 radical (unpaired) electrons. The van der Waals surface area contributed by atoms with Crippen molar-refractivity contribution in [1.29, 1.82) is 0 Å². The Bertz CT molecular complexity index is 943. The van der Waals surface area contributed by atoms with Crippen molar-refractivity contribution in [3.8, 4) is 0 Å². The first-order valence-corrected chi connectivity index (χ1v) is 8.30. The molecule has 2 aromatic carbocycles. The molecule has 0 aliphatic carbocycles. The van der Waals surface area contributed by atoms with Crippen LogP contribution >= 0.6 is 23.8 Å². The number of nitrogens with one attached hydrogen (secondary N) is 3. The summed E-state index contributed by atoms with van der Waals surface area (Å²) in [6.45, 7) is 1.53. The van der Waals surface area contributed by atoms with Gasteiger partial charge in [-0.25, -0.2) is 0 Å². The van der Waals surface area contributed by atoms with Crippen LogP contribution < -0.4 is 16.2 Å². The summed E-state index contributed by atoms with van der Waals surface area (Å²) in [6, 6.07) is 14.4. The summed E-state index contributed by atoms with van der Waals surface area (Å²) in [6.07, 6.45) is 1.71. The van der Waals surface area contributed by atoms with Gasteiger partial charge in [-0.2, -0.15) is 0 Å². The Morgan fingerprint density at radius 3 is 2.60 bits per heavy atom. The fourth-order valence-electron chi connectivity index (χ4n) is 2.30. The molecule has 0 atom stereocenters. The molecule has 0 aliphatic rings. The number of hydrogen-bond donors (Lipinski definition) is 3. The third-order valence-corrected chi connectivity index (χ3v) is 4.00. The average molecular weight is 371 g/mol. The fourth-order valence-corrected chi connectivity index (χ4v) is 2.64. The molecular formula is C18H15ClN4OS. The Kier molecular flexibility index (Phi) is 5.11. The SMILES string of the molecule is CC(=O)c1ccc(NC(=S)NNc2ccnc3ccc(Cl)cc23)cc1. The average Bonchev–Trinajstić information content (AvgIpc) is 2.60. The molecule has 126 valence electrons. The molecule has 25 heavy (non-hydrogen) atoms. The van der Waals surface area contributed by atoms with Crippen LogP contribution in [-0.4, -0.2) is 15.9 Å². The van der Waals surface area contributed by atoms with Gasteiger partial charge in [0.2, 0.25) is 0 Å². The van der Waals surface area contributed by atoms with E-state index in [9.17, 15) is 4.79 Å². The Hall–Kier alpha value is -2.70. The number of nitrogens with zero attached hydrogens (tertiary/aromatic N) is 1. The number of fused-ring (bicyclic) bond motifs is 1.